The minimum absolute atomic E-state index is 0.0660. The number of aliphatic hydroxyl groups is 1. The van der Waals surface area contributed by atoms with E-state index in [1.54, 1.807) is 0 Å². The van der Waals surface area contributed by atoms with Crippen molar-refractivity contribution in [3.8, 4) is 5.75 Å². The Morgan fingerprint density at radius 1 is 1.54 bits per heavy atom. The lowest BCUT2D eigenvalue weighted by Gasteiger charge is -2.10. The van der Waals surface area contributed by atoms with Crippen LogP contribution in [0.15, 0.2) is 16.6 Å². The normalized spacial score (nSPS) is 12.9. The summed E-state index contributed by atoms with van der Waals surface area (Å²) >= 11 is 3.04. The molecule has 0 aliphatic rings. The molecule has 3 nitrogen and oxygen atoms in total. The fourth-order valence-corrected chi connectivity index (χ4v) is 1.41. The first-order valence-electron chi connectivity index (χ1n) is 3.62. The van der Waals surface area contributed by atoms with Crippen LogP contribution >= 0.6 is 15.9 Å². The molecule has 0 heterocycles. The topological polar surface area (TPSA) is 66.5 Å². The van der Waals surface area contributed by atoms with Crippen LogP contribution in [0.1, 0.15) is 11.7 Å². The molecule has 1 rings (SSSR count). The highest BCUT2D eigenvalue weighted by Crippen LogP contribution is 2.30. The van der Waals surface area contributed by atoms with Gasteiger partial charge in [0, 0.05) is 16.6 Å². The number of phenols is 1. The van der Waals surface area contributed by atoms with Gasteiger partial charge in [0.05, 0.1) is 6.10 Å². The first kappa shape index (κ1) is 10.4. The van der Waals surface area contributed by atoms with E-state index in [2.05, 4.69) is 15.9 Å². The highest BCUT2D eigenvalue weighted by molar-refractivity contribution is 9.10. The predicted octanol–water partition coefficient (Wildman–Crippen LogP) is 1.29. The molecule has 1 atom stereocenters. The van der Waals surface area contributed by atoms with Gasteiger partial charge in [-0.15, -0.1) is 0 Å². The number of nitrogens with two attached hydrogens (primary N) is 1. The molecule has 1 aromatic carbocycles. The van der Waals surface area contributed by atoms with Gasteiger partial charge in [0.1, 0.15) is 0 Å². The van der Waals surface area contributed by atoms with Crippen molar-refractivity contribution in [1.29, 1.82) is 0 Å². The van der Waals surface area contributed by atoms with Crippen LogP contribution in [-0.2, 0) is 0 Å². The Bertz CT molecular complexity index is 319. The maximum absolute atomic E-state index is 12.9. The first-order valence-corrected chi connectivity index (χ1v) is 4.41. The van der Waals surface area contributed by atoms with E-state index in [4.69, 9.17) is 5.73 Å². The molecule has 0 fully saturated rings. The molecule has 0 unspecified atom stereocenters. The molecule has 13 heavy (non-hydrogen) atoms. The van der Waals surface area contributed by atoms with Gasteiger partial charge in [-0.25, -0.2) is 4.39 Å². The Kier molecular flexibility index (Phi) is 3.24. The van der Waals surface area contributed by atoms with Crippen LogP contribution in [0.25, 0.3) is 0 Å². The number of aliphatic hydroxyl groups excluding tert-OH is 1. The van der Waals surface area contributed by atoms with Crippen molar-refractivity contribution >= 4 is 15.9 Å². The van der Waals surface area contributed by atoms with Crippen molar-refractivity contribution in [3.05, 3.63) is 28.0 Å². The van der Waals surface area contributed by atoms with Crippen molar-refractivity contribution in [2.75, 3.05) is 6.54 Å². The third-order valence-electron chi connectivity index (χ3n) is 1.64. The summed E-state index contributed by atoms with van der Waals surface area (Å²) in [6, 6.07) is 2.54. The fourth-order valence-electron chi connectivity index (χ4n) is 0.967. The van der Waals surface area contributed by atoms with Gasteiger partial charge in [-0.2, -0.15) is 0 Å². The summed E-state index contributed by atoms with van der Waals surface area (Å²) in [4.78, 5) is 0. The number of halogens is 2. The van der Waals surface area contributed by atoms with Gasteiger partial charge < -0.3 is 15.9 Å². The van der Waals surface area contributed by atoms with Gasteiger partial charge >= 0.3 is 0 Å². The smallest absolute Gasteiger partial charge is 0.166 e. The van der Waals surface area contributed by atoms with Crippen LogP contribution in [0.4, 0.5) is 4.39 Å². The zero-order valence-corrected chi connectivity index (χ0v) is 8.25. The molecule has 0 bridgehead atoms. The maximum Gasteiger partial charge on any atom is 0.166 e. The average Bonchev–Trinajstić information content (AvgIpc) is 2.10. The maximum atomic E-state index is 12.9. The number of hydrogen-bond donors (Lipinski definition) is 3. The van der Waals surface area contributed by atoms with Gasteiger partial charge in [0.25, 0.3) is 0 Å². The third-order valence-corrected chi connectivity index (χ3v) is 2.10. The summed E-state index contributed by atoms with van der Waals surface area (Å²) in [5, 5.41) is 18.5. The zero-order chi connectivity index (χ0) is 10.0. The molecular weight excluding hydrogens is 241 g/mol. The third kappa shape index (κ3) is 2.18. The second-order valence-corrected chi connectivity index (χ2v) is 3.49. The minimum Gasteiger partial charge on any atom is -0.505 e. The molecule has 0 saturated heterocycles. The van der Waals surface area contributed by atoms with Gasteiger partial charge in [0.2, 0.25) is 0 Å². The highest BCUT2D eigenvalue weighted by Gasteiger charge is 2.14. The number of benzene rings is 1. The largest absolute Gasteiger partial charge is 0.505 e. The lowest BCUT2D eigenvalue weighted by molar-refractivity contribution is 0.181. The van der Waals surface area contributed by atoms with E-state index < -0.39 is 17.7 Å². The van der Waals surface area contributed by atoms with Crippen molar-refractivity contribution in [2.24, 2.45) is 5.73 Å². The highest BCUT2D eigenvalue weighted by atomic mass is 79.9. The monoisotopic (exact) mass is 249 g/mol. The number of aromatic hydroxyl groups is 1. The van der Waals surface area contributed by atoms with Gasteiger partial charge in [-0.1, -0.05) is 15.9 Å². The van der Waals surface area contributed by atoms with Crippen LogP contribution in [0.2, 0.25) is 0 Å². The molecule has 1 aromatic rings. The summed E-state index contributed by atoms with van der Waals surface area (Å²) in [6.07, 6.45) is -1.05. The van der Waals surface area contributed by atoms with E-state index in [-0.39, 0.29) is 12.1 Å². The molecule has 0 aliphatic carbocycles. The van der Waals surface area contributed by atoms with E-state index in [9.17, 15) is 14.6 Å². The Morgan fingerprint density at radius 3 is 2.69 bits per heavy atom. The Hall–Kier alpha value is -0.650. The summed E-state index contributed by atoms with van der Waals surface area (Å²) in [6.45, 7) is -0.0660. The van der Waals surface area contributed by atoms with Crippen LogP contribution in [-0.4, -0.2) is 16.8 Å². The second kappa shape index (κ2) is 4.04. The van der Waals surface area contributed by atoms with Crippen LogP contribution < -0.4 is 5.73 Å². The zero-order valence-electron chi connectivity index (χ0n) is 6.67. The molecule has 0 radical (unpaired) electrons. The molecule has 72 valence electrons. The predicted molar refractivity (Wildman–Crippen MR) is 49.8 cm³/mol. The SMILES string of the molecule is NC[C@H](O)c1cc(Br)cc(F)c1O. The molecule has 0 amide bonds. The minimum atomic E-state index is -1.05. The average molecular weight is 250 g/mol. The van der Waals surface area contributed by atoms with Gasteiger partial charge in [-0.05, 0) is 12.1 Å². The van der Waals surface area contributed by atoms with Crippen molar-refractivity contribution in [3.63, 3.8) is 0 Å². The molecule has 4 N–H and O–H groups in total. The summed E-state index contributed by atoms with van der Waals surface area (Å²) in [5.41, 5.74) is 5.27. The lowest BCUT2D eigenvalue weighted by atomic mass is 10.1. The molecule has 5 heteroatoms. The summed E-state index contributed by atoms with van der Waals surface area (Å²) in [5.74, 6) is -1.34. The van der Waals surface area contributed by atoms with Crippen molar-refractivity contribution in [2.45, 2.75) is 6.10 Å². The number of rotatable bonds is 2. The van der Waals surface area contributed by atoms with Crippen molar-refractivity contribution < 1.29 is 14.6 Å². The lowest BCUT2D eigenvalue weighted by Crippen LogP contribution is -2.12. The second-order valence-electron chi connectivity index (χ2n) is 2.58. The van der Waals surface area contributed by atoms with E-state index in [1.807, 2.05) is 0 Å². The number of hydrogen-bond acceptors (Lipinski definition) is 3. The summed E-state index contributed by atoms with van der Waals surface area (Å²) < 4.78 is 13.4. The van der Waals surface area contributed by atoms with Gasteiger partial charge in [0.15, 0.2) is 11.6 Å². The van der Waals surface area contributed by atoms with Crippen LogP contribution in [0.3, 0.4) is 0 Å². The molecule has 0 aliphatic heterocycles. The van der Waals surface area contributed by atoms with E-state index >= 15 is 0 Å². The molecule has 0 spiro atoms. The Labute approximate surface area is 83.1 Å². The molecular formula is C8H9BrFNO2. The standard InChI is InChI=1S/C8H9BrFNO2/c9-4-1-5(7(12)3-11)8(13)6(10)2-4/h1-2,7,12-13H,3,11H2/t7-/m0/s1. The first-order chi connectivity index (χ1) is 6.06. The Morgan fingerprint density at radius 2 is 2.15 bits per heavy atom. The quantitative estimate of drug-likeness (QED) is 0.740. The summed E-state index contributed by atoms with van der Waals surface area (Å²) in [7, 11) is 0. The van der Waals surface area contributed by atoms with Gasteiger partial charge in [-0.3, -0.25) is 0 Å². The number of phenolic OH excluding ortho intramolecular Hbond substituents is 1. The van der Waals surface area contributed by atoms with Crippen LogP contribution in [0.5, 0.6) is 5.75 Å². The van der Waals surface area contributed by atoms with E-state index in [0.29, 0.717) is 4.47 Å². The Balaban J connectivity index is 3.20. The van der Waals surface area contributed by atoms with E-state index in [1.165, 1.54) is 6.07 Å². The van der Waals surface area contributed by atoms with Crippen molar-refractivity contribution in [1.82, 2.24) is 0 Å². The molecule has 0 aromatic heterocycles. The fraction of sp³-hybridized carbons (Fsp3) is 0.250. The molecule has 0 saturated carbocycles. The van der Waals surface area contributed by atoms with E-state index in [0.717, 1.165) is 6.07 Å². The van der Waals surface area contributed by atoms with Crippen LogP contribution in [0, 0.1) is 5.82 Å².